The third kappa shape index (κ3) is 1.91. The van der Waals surface area contributed by atoms with Crippen LogP contribution in [-0.2, 0) is 17.1 Å². The van der Waals surface area contributed by atoms with E-state index in [0.29, 0.717) is 12.8 Å². The van der Waals surface area contributed by atoms with Crippen molar-refractivity contribution >= 4 is 15.8 Å². The third-order valence-corrected chi connectivity index (χ3v) is 4.25. The smallest absolute Gasteiger partial charge is 0.260 e. The zero-order chi connectivity index (χ0) is 11.9. The van der Waals surface area contributed by atoms with Crippen molar-refractivity contribution in [3.8, 4) is 0 Å². The summed E-state index contributed by atoms with van der Waals surface area (Å²) in [5.74, 6) is -0.0186. The standard InChI is InChI=1S/C8H14N4O3S/c1-12-4-10-7(9)8(12)16(14,15)11-5-2-6(13)3-5/h4-6,11,13H,2-3,9H2,1H3. The number of nitrogens with zero attached hydrogens (tertiary/aromatic N) is 2. The molecule has 1 saturated carbocycles. The maximum atomic E-state index is 11.9. The first-order valence-corrected chi connectivity index (χ1v) is 6.35. The van der Waals surface area contributed by atoms with E-state index in [1.54, 1.807) is 7.05 Å². The van der Waals surface area contributed by atoms with Crippen molar-refractivity contribution in [2.45, 2.75) is 30.0 Å². The van der Waals surface area contributed by atoms with E-state index >= 15 is 0 Å². The molecule has 0 aliphatic heterocycles. The molecule has 0 saturated heterocycles. The minimum Gasteiger partial charge on any atom is -0.393 e. The summed E-state index contributed by atoms with van der Waals surface area (Å²) >= 11 is 0. The Labute approximate surface area is 93.3 Å². The van der Waals surface area contributed by atoms with Crippen molar-refractivity contribution < 1.29 is 13.5 Å². The third-order valence-electron chi connectivity index (χ3n) is 2.60. The van der Waals surface area contributed by atoms with Crippen LogP contribution in [0.25, 0.3) is 0 Å². The van der Waals surface area contributed by atoms with Gasteiger partial charge in [-0.05, 0) is 12.8 Å². The van der Waals surface area contributed by atoms with Gasteiger partial charge in [0.1, 0.15) is 0 Å². The second kappa shape index (κ2) is 3.72. The van der Waals surface area contributed by atoms with Gasteiger partial charge >= 0.3 is 0 Å². The van der Waals surface area contributed by atoms with E-state index in [-0.39, 0.29) is 16.9 Å². The summed E-state index contributed by atoms with van der Waals surface area (Å²) in [5, 5.41) is 9.04. The largest absolute Gasteiger partial charge is 0.393 e. The van der Waals surface area contributed by atoms with Crippen molar-refractivity contribution in [2.24, 2.45) is 7.05 Å². The molecule has 8 heteroatoms. The maximum Gasteiger partial charge on any atom is 0.260 e. The molecule has 90 valence electrons. The van der Waals surface area contributed by atoms with E-state index in [9.17, 15) is 8.42 Å². The molecule has 1 aromatic heterocycles. The van der Waals surface area contributed by atoms with Gasteiger partial charge < -0.3 is 15.4 Å². The predicted octanol–water partition coefficient (Wildman–Crippen LogP) is -1.20. The van der Waals surface area contributed by atoms with Crippen molar-refractivity contribution in [3.05, 3.63) is 6.33 Å². The number of hydrogen-bond donors (Lipinski definition) is 3. The first-order chi connectivity index (χ1) is 7.40. The SMILES string of the molecule is Cn1cnc(N)c1S(=O)(=O)NC1CC(O)C1. The molecule has 1 aliphatic rings. The molecule has 0 spiro atoms. The lowest BCUT2D eigenvalue weighted by molar-refractivity contribution is 0.0711. The zero-order valence-corrected chi connectivity index (χ0v) is 9.61. The summed E-state index contributed by atoms with van der Waals surface area (Å²) in [5.41, 5.74) is 5.49. The van der Waals surface area contributed by atoms with Crippen LogP contribution in [-0.4, -0.2) is 35.2 Å². The van der Waals surface area contributed by atoms with Crippen LogP contribution < -0.4 is 10.5 Å². The normalized spacial score (nSPS) is 25.4. The minimum absolute atomic E-state index is 0.0186. The Hall–Kier alpha value is -1.12. The number of nitrogen functional groups attached to an aromatic ring is 1. The number of aliphatic hydroxyl groups excluding tert-OH is 1. The zero-order valence-electron chi connectivity index (χ0n) is 8.79. The molecule has 16 heavy (non-hydrogen) atoms. The van der Waals surface area contributed by atoms with E-state index in [1.165, 1.54) is 10.9 Å². The molecule has 1 aromatic rings. The topological polar surface area (TPSA) is 110 Å². The molecule has 1 fully saturated rings. The van der Waals surface area contributed by atoms with Crippen LogP contribution in [0.1, 0.15) is 12.8 Å². The Morgan fingerprint density at radius 2 is 2.25 bits per heavy atom. The van der Waals surface area contributed by atoms with Gasteiger partial charge in [0.05, 0.1) is 12.4 Å². The predicted molar refractivity (Wildman–Crippen MR) is 57.0 cm³/mol. The Morgan fingerprint density at radius 1 is 1.62 bits per heavy atom. The van der Waals surface area contributed by atoms with Gasteiger partial charge in [-0.25, -0.2) is 18.1 Å². The van der Waals surface area contributed by atoms with Gasteiger partial charge in [-0.2, -0.15) is 0 Å². The van der Waals surface area contributed by atoms with Gasteiger partial charge in [0, 0.05) is 13.1 Å². The first-order valence-electron chi connectivity index (χ1n) is 4.87. The van der Waals surface area contributed by atoms with E-state index in [4.69, 9.17) is 10.8 Å². The average molecular weight is 246 g/mol. The molecule has 1 aliphatic carbocycles. The van der Waals surface area contributed by atoms with Gasteiger partial charge in [0.2, 0.25) is 0 Å². The number of anilines is 1. The van der Waals surface area contributed by atoms with E-state index in [0.717, 1.165) is 0 Å². The lowest BCUT2D eigenvalue weighted by Gasteiger charge is -2.31. The summed E-state index contributed by atoms with van der Waals surface area (Å²) in [6.45, 7) is 0. The molecular weight excluding hydrogens is 232 g/mol. The van der Waals surface area contributed by atoms with Crippen LogP contribution in [0.3, 0.4) is 0 Å². The Bertz CT molecular complexity index is 470. The molecule has 0 amide bonds. The average Bonchev–Trinajstić information content (AvgIpc) is 2.43. The number of nitrogens with two attached hydrogens (primary N) is 1. The van der Waals surface area contributed by atoms with Crippen LogP contribution in [0.4, 0.5) is 5.82 Å². The highest BCUT2D eigenvalue weighted by molar-refractivity contribution is 7.89. The molecular formula is C8H14N4O3S. The van der Waals surface area contributed by atoms with Crippen molar-refractivity contribution in [3.63, 3.8) is 0 Å². The Kier molecular flexibility index (Phi) is 2.64. The molecule has 0 radical (unpaired) electrons. The fourth-order valence-corrected chi connectivity index (χ4v) is 3.22. The van der Waals surface area contributed by atoms with Crippen LogP contribution in [0.5, 0.6) is 0 Å². The fourth-order valence-electron chi connectivity index (χ4n) is 1.72. The van der Waals surface area contributed by atoms with E-state index in [2.05, 4.69) is 9.71 Å². The molecule has 0 unspecified atom stereocenters. The number of aromatic nitrogens is 2. The highest BCUT2D eigenvalue weighted by Crippen LogP contribution is 2.23. The van der Waals surface area contributed by atoms with Gasteiger partial charge in [0.15, 0.2) is 10.8 Å². The summed E-state index contributed by atoms with van der Waals surface area (Å²) in [4.78, 5) is 3.72. The van der Waals surface area contributed by atoms with Gasteiger partial charge in [-0.1, -0.05) is 0 Å². The second-order valence-electron chi connectivity index (χ2n) is 3.99. The monoisotopic (exact) mass is 246 g/mol. The van der Waals surface area contributed by atoms with Crippen LogP contribution in [0.2, 0.25) is 0 Å². The Balaban J connectivity index is 2.19. The molecule has 0 atom stereocenters. The lowest BCUT2D eigenvalue weighted by Crippen LogP contribution is -2.47. The molecule has 4 N–H and O–H groups in total. The second-order valence-corrected chi connectivity index (χ2v) is 5.62. The van der Waals surface area contributed by atoms with Crippen LogP contribution in [0, 0.1) is 0 Å². The van der Waals surface area contributed by atoms with E-state index in [1.807, 2.05) is 0 Å². The summed E-state index contributed by atoms with van der Waals surface area (Å²) in [6.07, 6.45) is 1.82. The quantitative estimate of drug-likeness (QED) is 0.620. The van der Waals surface area contributed by atoms with Gasteiger partial charge in [-0.15, -0.1) is 0 Å². The van der Waals surface area contributed by atoms with Crippen molar-refractivity contribution in [1.29, 1.82) is 0 Å². The molecule has 1 heterocycles. The number of aliphatic hydroxyl groups is 1. The highest BCUT2D eigenvalue weighted by Gasteiger charge is 2.33. The van der Waals surface area contributed by atoms with Gasteiger partial charge in [-0.3, -0.25) is 0 Å². The number of sulfonamides is 1. The Morgan fingerprint density at radius 3 is 2.69 bits per heavy atom. The maximum absolute atomic E-state index is 11.9. The number of hydrogen-bond acceptors (Lipinski definition) is 5. The van der Waals surface area contributed by atoms with E-state index < -0.39 is 16.1 Å². The summed E-state index contributed by atoms with van der Waals surface area (Å²) in [6, 6.07) is -0.214. The van der Waals surface area contributed by atoms with Crippen LogP contribution in [0.15, 0.2) is 11.4 Å². The summed E-state index contributed by atoms with van der Waals surface area (Å²) < 4.78 is 27.7. The van der Waals surface area contributed by atoms with Crippen molar-refractivity contribution in [1.82, 2.24) is 14.3 Å². The van der Waals surface area contributed by atoms with Crippen molar-refractivity contribution in [2.75, 3.05) is 5.73 Å². The highest BCUT2D eigenvalue weighted by atomic mass is 32.2. The molecule has 7 nitrogen and oxygen atoms in total. The van der Waals surface area contributed by atoms with Crippen LogP contribution >= 0.6 is 0 Å². The molecule has 0 aromatic carbocycles. The number of imidazole rings is 1. The minimum atomic E-state index is -3.65. The first kappa shape index (κ1) is 11.4. The summed E-state index contributed by atoms with van der Waals surface area (Å²) in [7, 11) is -2.08. The number of rotatable bonds is 3. The number of aryl methyl sites for hydroxylation is 1. The number of nitrogens with one attached hydrogen (secondary N) is 1. The molecule has 0 bridgehead atoms. The lowest BCUT2D eigenvalue weighted by atomic mass is 9.91. The molecule has 2 rings (SSSR count). The fraction of sp³-hybridized carbons (Fsp3) is 0.625. The van der Waals surface area contributed by atoms with Gasteiger partial charge in [0.25, 0.3) is 10.0 Å².